The summed E-state index contributed by atoms with van der Waals surface area (Å²) in [5.74, 6) is 0. The number of rotatable bonds is 1. The maximum absolute atomic E-state index is 11.6. The van der Waals surface area contributed by atoms with Crippen LogP contribution in [0.4, 0.5) is 0 Å². The minimum absolute atomic E-state index is 0.106. The van der Waals surface area contributed by atoms with Crippen molar-refractivity contribution in [3.05, 3.63) is 22.7 Å². The highest BCUT2D eigenvalue weighted by molar-refractivity contribution is 7.90. The van der Waals surface area contributed by atoms with Crippen LogP contribution in [0.3, 0.4) is 0 Å². The molecule has 0 fully saturated rings. The Kier molecular flexibility index (Phi) is 2.92. The average Bonchev–Trinajstić information content (AvgIpc) is 2.13. The van der Waals surface area contributed by atoms with Gasteiger partial charge in [-0.15, -0.1) is 4.83 Å². The molecule has 0 saturated heterocycles. The molecule has 1 aliphatic heterocycles. The molecule has 0 radical (unpaired) electrons. The molecule has 0 saturated carbocycles. The van der Waals surface area contributed by atoms with Crippen LogP contribution < -0.4 is 15.4 Å². The molecule has 1 aliphatic rings. The molecule has 94 valence electrons. The Morgan fingerprint density at radius 3 is 2.59 bits per heavy atom. The third-order valence-electron chi connectivity index (χ3n) is 2.20. The maximum Gasteiger partial charge on any atom is 0.253 e. The summed E-state index contributed by atoms with van der Waals surface area (Å²) >= 11 is 5.74. The van der Waals surface area contributed by atoms with E-state index >= 15 is 0 Å². The largest absolute Gasteiger partial charge is 0.253 e. The van der Waals surface area contributed by atoms with Gasteiger partial charge < -0.3 is 0 Å². The molecule has 1 heterocycles. The molecule has 1 aromatic carbocycles. The predicted octanol–water partition coefficient (Wildman–Crippen LogP) is -0.716. The first-order chi connectivity index (χ1) is 7.72. The summed E-state index contributed by atoms with van der Waals surface area (Å²) in [6.07, 6.45) is 0. The average molecular weight is 298 g/mol. The van der Waals surface area contributed by atoms with E-state index in [-0.39, 0.29) is 16.5 Å². The van der Waals surface area contributed by atoms with E-state index in [4.69, 9.17) is 16.7 Å². The molecule has 0 aliphatic carbocycles. The molecule has 2 rings (SSSR count). The van der Waals surface area contributed by atoms with Gasteiger partial charge >= 0.3 is 0 Å². The van der Waals surface area contributed by atoms with E-state index in [1.807, 2.05) is 0 Å². The molecule has 0 amide bonds. The Morgan fingerprint density at radius 1 is 1.35 bits per heavy atom. The van der Waals surface area contributed by atoms with Gasteiger partial charge in [-0.1, -0.05) is 11.6 Å². The molecule has 0 bridgehead atoms. The predicted molar refractivity (Wildman–Crippen MR) is 60.0 cm³/mol. The second-order valence-corrected chi connectivity index (χ2v) is 6.98. The summed E-state index contributed by atoms with van der Waals surface area (Å²) in [7, 11) is -7.84. The SMILES string of the molecule is NS(=O)(=O)c1cc2c(cc1Cl)CNNS2(=O)=O. The molecule has 0 spiro atoms. The summed E-state index contributed by atoms with van der Waals surface area (Å²) in [6, 6.07) is 2.22. The quantitative estimate of drug-likeness (QED) is 0.632. The molecular formula is C7H8ClN3O4S2. The topological polar surface area (TPSA) is 118 Å². The third kappa shape index (κ3) is 2.30. The van der Waals surface area contributed by atoms with Crippen molar-refractivity contribution in [2.24, 2.45) is 5.14 Å². The summed E-state index contributed by atoms with van der Waals surface area (Å²) in [5, 5.41) is 4.83. The van der Waals surface area contributed by atoms with Crippen LogP contribution in [0.5, 0.6) is 0 Å². The molecule has 0 aromatic heterocycles. The summed E-state index contributed by atoms with van der Waals surface area (Å²) in [4.78, 5) is 1.50. The van der Waals surface area contributed by atoms with Gasteiger partial charge in [-0.05, 0) is 17.7 Å². The molecule has 1 aromatic rings. The van der Waals surface area contributed by atoms with Gasteiger partial charge in [0.25, 0.3) is 10.0 Å². The van der Waals surface area contributed by atoms with Crippen LogP contribution >= 0.6 is 11.6 Å². The van der Waals surface area contributed by atoms with Crippen LogP contribution in [-0.2, 0) is 26.6 Å². The van der Waals surface area contributed by atoms with Gasteiger partial charge in [0, 0.05) is 6.54 Å². The lowest BCUT2D eigenvalue weighted by molar-refractivity contribution is 0.536. The van der Waals surface area contributed by atoms with Crippen molar-refractivity contribution in [1.29, 1.82) is 0 Å². The first kappa shape index (κ1) is 12.7. The van der Waals surface area contributed by atoms with Crippen molar-refractivity contribution < 1.29 is 16.8 Å². The van der Waals surface area contributed by atoms with Gasteiger partial charge in [-0.3, -0.25) is 0 Å². The highest BCUT2D eigenvalue weighted by atomic mass is 35.5. The standard InChI is InChI=1S/C7H8ClN3O4S2/c8-5-1-4-3-10-11-17(14,15)6(4)2-7(5)16(9,12)13/h1-2,10-11H,3H2,(H2,9,12,13). The smallest absolute Gasteiger partial charge is 0.239 e. The molecule has 10 heteroatoms. The van der Waals surface area contributed by atoms with E-state index in [0.717, 1.165) is 6.07 Å². The maximum atomic E-state index is 11.6. The van der Waals surface area contributed by atoms with Crippen LogP contribution in [0.15, 0.2) is 21.9 Å². The van der Waals surface area contributed by atoms with Crippen molar-refractivity contribution in [2.45, 2.75) is 16.3 Å². The fraction of sp³-hybridized carbons (Fsp3) is 0.143. The van der Waals surface area contributed by atoms with Gasteiger partial charge in [0.2, 0.25) is 10.0 Å². The molecule has 0 atom stereocenters. The number of hydrogen-bond acceptors (Lipinski definition) is 5. The molecule has 0 unspecified atom stereocenters. The normalized spacial score (nSPS) is 18.7. The number of nitrogens with one attached hydrogen (secondary N) is 2. The van der Waals surface area contributed by atoms with Crippen LogP contribution in [0, 0.1) is 0 Å². The first-order valence-corrected chi connectivity index (χ1v) is 7.72. The third-order valence-corrected chi connectivity index (χ3v) is 4.94. The van der Waals surface area contributed by atoms with Crippen molar-refractivity contribution >= 4 is 31.6 Å². The van der Waals surface area contributed by atoms with Crippen LogP contribution in [0.25, 0.3) is 0 Å². The Labute approximate surface area is 103 Å². The lowest BCUT2D eigenvalue weighted by Gasteiger charge is -2.19. The second kappa shape index (κ2) is 3.90. The van der Waals surface area contributed by atoms with Gasteiger partial charge in [-0.25, -0.2) is 27.4 Å². The van der Waals surface area contributed by atoms with Crippen LogP contribution in [0.2, 0.25) is 5.02 Å². The number of nitrogens with two attached hydrogens (primary N) is 1. The zero-order valence-corrected chi connectivity index (χ0v) is 10.7. The Balaban J connectivity index is 2.79. The zero-order chi connectivity index (χ0) is 12.8. The molecule has 4 N–H and O–H groups in total. The minimum atomic E-state index is -4.06. The first-order valence-electron chi connectivity index (χ1n) is 4.32. The van der Waals surface area contributed by atoms with Crippen molar-refractivity contribution in [3.8, 4) is 0 Å². The number of benzene rings is 1. The number of hydrogen-bond donors (Lipinski definition) is 3. The van der Waals surface area contributed by atoms with E-state index < -0.39 is 24.9 Å². The molecule has 7 nitrogen and oxygen atoms in total. The van der Waals surface area contributed by atoms with Crippen molar-refractivity contribution in [3.63, 3.8) is 0 Å². The van der Waals surface area contributed by atoms with Gasteiger partial charge in [-0.2, -0.15) is 0 Å². The fourth-order valence-electron chi connectivity index (χ4n) is 1.46. The lowest BCUT2D eigenvalue weighted by atomic mass is 10.2. The molecular weight excluding hydrogens is 290 g/mol. The van der Waals surface area contributed by atoms with Gasteiger partial charge in [0.05, 0.1) is 9.92 Å². The number of fused-ring (bicyclic) bond motifs is 1. The van der Waals surface area contributed by atoms with E-state index in [1.54, 1.807) is 0 Å². The summed E-state index contributed by atoms with van der Waals surface area (Å²) in [6.45, 7) is 0.208. The lowest BCUT2D eigenvalue weighted by Crippen LogP contribution is -2.41. The number of sulfonamides is 2. The van der Waals surface area contributed by atoms with Gasteiger partial charge in [0.1, 0.15) is 4.90 Å². The van der Waals surface area contributed by atoms with Crippen molar-refractivity contribution in [1.82, 2.24) is 10.3 Å². The Morgan fingerprint density at radius 2 is 2.00 bits per heavy atom. The van der Waals surface area contributed by atoms with E-state index in [0.29, 0.717) is 5.56 Å². The second-order valence-electron chi connectivity index (χ2n) is 3.39. The highest BCUT2D eigenvalue weighted by Gasteiger charge is 2.26. The van der Waals surface area contributed by atoms with Crippen LogP contribution in [0.1, 0.15) is 5.56 Å². The zero-order valence-electron chi connectivity index (χ0n) is 8.27. The van der Waals surface area contributed by atoms with Crippen LogP contribution in [-0.4, -0.2) is 16.8 Å². The minimum Gasteiger partial charge on any atom is -0.239 e. The number of hydrazine groups is 1. The number of halogens is 1. The molecule has 17 heavy (non-hydrogen) atoms. The highest BCUT2D eigenvalue weighted by Crippen LogP contribution is 2.28. The Bertz CT molecular complexity index is 683. The monoisotopic (exact) mass is 297 g/mol. The fourth-order valence-corrected chi connectivity index (χ4v) is 3.78. The van der Waals surface area contributed by atoms with Crippen molar-refractivity contribution in [2.75, 3.05) is 0 Å². The van der Waals surface area contributed by atoms with E-state index in [1.165, 1.54) is 6.07 Å². The Hall–Kier alpha value is -0.710. The summed E-state index contributed by atoms with van der Waals surface area (Å²) < 4.78 is 45.6. The van der Waals surface area contributed by atoms with E-state index in [9.17, 15) is 16.8 Å². The summed E-state index contributed by atoms with van der Waals surface area (Å²) in [5.41, 5.74) is 2.82. The number of primary sulfonamides is 1. The van der Waals surface area contributed by atoms with E-state index in [2.05, 4.69) is 10.3 Å². The van der Waals surface area contributed by atoms with Gasteiger partial charge in [0.15, 0.2) is 0 Å².